The van der Waals surface area contributed by atoms with Gasteiger partial charge in [-0.15, -0.1) is 0 Å². The summed E-state index contributed by atoms with van der Waals surface area (Å²) in [4.78, 5) is 14.5. The van der Waals surface area contributed by atoms with Crippen molar-refractivity contribution in [3.05, 3.63) is 34.3 Å². The molecule has 0 bridgehead atoms. The molecule has 3 rings (SSSR count). The van der Waals surface area contributed by atoms with Gasteiger partial charge in [0.15, 0.2) is 0 Å². The predicted octanol–water partition coefficient (Wildman–Crippen LogP) is 2.91. The Kier molecular flexibility index (Phi) is 4.41. The summed E-state index contributed by atoms with van der Waals surface area (Å²) >= 11 is 3.41. The van der Waals surface area contributed by atoms with Gasteiger partial charge in [-0.2, -0.15) is 0 Å². The normalized spacial score (nSPS) is 24.1. The van der Waals surface area contributed by atoms with Gasteiger partial charge in [0, 0.05) is 23.1 Å². The Morgan fingerprint density at radius 3 is 2.50 bits per heavy atom. The van der Waals surface area contributed by atoms with E-state index in [1.807, 2.05) is 29.2 Å². The van der Waals surface area contributed by atoms with Crippen molar-refractivity contribution >= 4 is 21.8 Å². The van der Waals surface area contributed by atoms with E-state index < -0.39 is 0 Å². The Morgan fingerprint density at radius 2 is 1.80 bits per heavy atom. The third-order valence-electron chi connectivity index (χ3n) is 4.65. The number of hydrogen-bond donors (Lipinski definition) is 1. The maximum Gasteiger partial charge on any atom is 0.253 e. The number of nitrogens with zero attached hydrogens (tertiary/aromatic N) is 1. The molecule has 108 valence electrons. The van der Waals surface area contributed by atoms with Crippen molar-refractivity contribution in [2.24, 2.45) is 11.8 Å². The number of hydrogen-bond acceptors (Lipinski definition) is 2. The molecule has 1 amide bonds. The van der Waals surface area contributed by atoms with Gasteiger partial charge in [-0.3, -0.25) is 4.79 Å². The van der Waals surface area contributed by atoms with Gasteiger partial charge in [0.25, 0.3) is 5.91 Å². The molecule has 1 N–H and O–H groups in total. The van der Waals surface area contributed by atoms with Crippen LogP contribution < -0.4 is 5.32 Å². The molecule has 2 aliphatic heterocycles. The largest absolute Gasteiger partial charge is 0.338 e. The van der Waals surface area contributed by atoms with Gasteiger partial charge in [-0.05, 0) is 68.5 Å². The fraction of sp³-hybridized carbons (Fsp3) is 0.562. The molecule has 2 heterocycles. The fourth-order valence-corrected chi connectivity index (χ4v) is 3.71. The van der Waals surface area contributed by atoms with E-state index >= 15 is 0 Å². The SMILES string of the molecule is O=C(c1ccc(Br)cc1)N1CCC(C2CCNCC2)C1. The number of carbonyl (C=O) groups excluding carboxylic acids is 1. The van der Waals surface area contributed by atoms with E-state index in [0.29, 0.717) is 5.92 Å². The standard InChI is InChI=1S/C16H21BrN2O/c17-15-3-1-13(2-4-15)16(20)19-10-7-14(11-19)12-5-8-18-9-6-12/h1-4,12,14,18H,5-11H2. The summed E-state index contributed by atoms with van der Waals surface area (Å²) in [7, 11) is 0. The van der Waals surface area contributed by atoms with Gasteiger partial charge in [0.2, 0.25) is 0 Å². The second-order valence-electron chi connectivity index (χ2n) is 5.89. The summed E-state index contributed by atoms with van der Waals surface area (Å²) in [5, 5.41) is 3.42. The van der Waals surface area contributed by atoms with Crippen LogP contribution in [0.25, 0.3) is 0 Å². The summed E-state index contributed by atoms with van der Waals surface area (Å²) in [6, 6.07) is 7.69. The van der Waals surface area contributed by atoms with Crippen LogP contribution in [0.15, 0.2) is 28.7 Å². The number of benzene rings is 1. The number of nitrogens with one attached hydrogen (secondary N) is 1. The highest BCUT2D eigenvalue weighted by molar-refractivity contribution is 9.10. The second-order valence-corrected chi connectivity index (χ2v) is 6.81. The quantitative estimate of drug-likeness (QED) is 0.900. The first kappa shape index (κ1) is 14.1. The molecule has 0 radical (unpaired) electrons. The number of carbonyl (C=O) groups is 1. The molecular formula is C16H21BrN2O. The predicted molar refractivity (Wildman–Crippen MR) is 83.7 cm³/mol. The molecular weight excluding hydrogens is 316 g/mol. The number of halogens is 1. The minimum atomic E-state index is 0.189. The van der Waals surface area contributed by atoms with Crippen LogP contribution in [-0.4, -0.2) is 37.0 Å². The Hall–Kier alpha value is -0.870. The van der Waals surface area contributed by atoms with E-state index in [1.165, 1.54) is 19.3 Å². The van der Waals surface area contributed by atoms with E-state index in [4.69, 9.17) is 0 Å². The summed E-state index contributed by atoms with van der Waals surface area (Å²) in [5.41, 5.74) is 0.805. The lowest BCUT2D eigenvalue weighted by atomic mass is 9.84. The number of piperidine rings is 1. The lowest BCUT2D eigenvalue weighted by Gasteiger charge is -2.28. The molecule has 0 saturated carbocycles. The first-order chi connectivity index (χ1) is 9.74. The van der Waals surface area contributed by atoms with Crippen LogP contribution in [0.2, 0.25) is 0 Å². The lowest BCUT2D eigenvalue weighted by molar-refractivity contribution is 0.0780. The van der Waals surface area contributed by atoms with Crippen molar-refractivity contribution in [3.63, 3.8) is 0 Å². The third-order valence-corrected chi connectivity index (χ3v) is 5.18. The number of likely N-dealkylation sites (tertiary alicyclic amines) is 1. The van der Waals surface area contributed by atoms with Crippen LogP contribution in [0.4, 0.5) is 0 Å². The molecule has 2 saturated heterocycles. The van der Waals surface area contributed by atoms with E-state index in [2.05, 4.69) is 21.2 Å². The molecule has 0 aromatic heterocycles. The number of rotatable bonds is 2. The average molecular weight is 337 g/mol. The van der Waals surface area contributed by atoms with Crippen LogP contribution in [0, 0.1) is 11.8 Å². The molecule has 2 aliphatic rings. The van der Waals surface area contributed by atoms with Crippen LogP contribution in [0.5, 0.6) is 0 Å². The molecule has 1 aromatic rings. The first-order valence-corrected chi connectivity index (χ1v) is 8.29. The summed E-state index contributed by atoms with van der Waals surface area (Å²) in [6.07, 6.45) is 3.71. The maximum atomic E-state index is 12.5. The molecule has 0 spiro atoms. The minimum Gasteiger partial charge on any atom is -0.338 e. The molecule has 1 atom stereocenters. The van der Waals surface area contributed by atoms with Gasteiger partial charge in [0.05, 0.1) is 0 Å². The van der Waals surface area contributed by atoms with Crippen molar-refractivity contribution in [1.82, 2.24) is 10.2 Å². The topological polar surface area (TPSA) is 32.3 Å². The zero-order valence-corrected chi connectivity index (χ0v) is 13.2. The zero-order chi connectivity index (χ0) is 13.9. The molecule has 2 fully saturated rings. The summed E-state index contributed by atoms with van der Waals surface area (Å²) in [5.74, 6) is 1.70. The third kappa shape index (κ3) is 3.07. The highest BCUT2D eigenvalue weighted by Crippen LogP contribution is 2.30. The summed E-state index contributed by atoms with van der Waals surface area (Å²) in [6.45, 7) is 4.15. The van der Waals surface area contributed by atoms with Crippen molar-refractivity contribution in [2.45, 2.75) is 19.3 Å². The van der Waals surface area contributed by atoms with Gasteiger partial charge in [0.1, 0.15) is 0 Å². The Balaban J connectivity index is 1.61. The highest BCUT2D eigenvalue weighted by atomic mass is 79.9. The van der Waals surface area contributed by atoms with Crippen molar-refractivity contribution in [2.75, 3.05) is 26.2 Å². The highest BCUT2D eigenvalue weighted by Gasteiger charge is 2.32. The first-order valence-electron chi connectivity index (χ1n) is 7.49. The monoisotopic (exact) mass is 336 g/mol. The smallest absolute Gasteiger partial charge is 0.253 e. The molecule has 1 aromatic carbocycles. The fourth-order valence-electron chi connectivity index (χ4n) is 3.45. The maximum absolute atomic E-state index is 12.5. The van der Waals surface area contributed by atoms with Crippen molar-refractivity contribution in [3.8, 4) is 0 Å². The Labute approximate surface area is 128 Å². The van der Waals surface area contributed by atoms with Crippen LogP contribution in [0.1, 0.15) is 29.6 Å². The van der Waals surface area contributed by atoms with Gasteiger partial charge < -0.3 is 10.2 Å². The lowest BCUT2D eigenvalue weighted by Crippen LogP contribution is -2.34. The van der Waals surface area contributed by atoms with E-state index in [9.17, 15) is 4.79 Å². The molecule has 0 aliphatic carbocycles. The average Bonchev–Trinajstić information content (AvgIpc) is 2.98. The van der Waals surface area contributed by atoms with Gasteiger partial charge in [-0.25, -0.2) is 0 Å². The molecule has 4 heteroatoms. The van der Waals surface area contributed by atoms with Crippen LogP contribution >= 0.6 is 15.9 Å². The molecule has 20 heavy (non-hydrogen) atoms. The second kappa shape index (κ2) is 6.27. The van der Waals surface area contributed by atoms with Crippen molar-refractivity contribution < 1.29 is 4.79 Å². The Bertz CT molecular complexity index is 468. The zero-order valence-electron chi connectivity index (χ0n) is 11.6. The molecule has 1 unspecified atom stereocenters. The van der Waals surface area contributed by atoms with E-state index in [1.54, 1.807) is 0 Å². The van der Waals surface area contributed by atoms with Gasteiger partial charge in [-0.1, -0.05) is 15.9 Å². The van der Waals surface area contributed by atoms with E-state index in [-0.39, 0.29) is 5.91 Å². The van der Waals surface area contributed by atoms with Crippen molar-refractivity contribution in [1.29, 1.82) is 0 Å². The minimum absolute atomic E-state index is 0.189. The summed E-state index contributed by atoms with van der Waals surface area (Å²) < 4.78 is 1.02. The van der Waals surface area contributed by atoms with Crippen LogP contribution in [-0.2, 0) is 0 Å². The van der Waals surface area contributed by atoms with Gasteiger partial charge >= 0.3 is 0 Å². The Morgan fingerprint density at radius 1 is 1.10 bits per heavy atom. The molecule has 3 nitrogen and oxygen atoms in total. The van der Waals surface area contributed by atoms with E-state index in [0.717, 1.165) is 42.1 Å². The van der Waals surface area contributed by atoms with Crippen LogP contribution in [0.3, 0.4) is 0 Å². The number of amides is 1.